The van der Waals surface area contributed by atoms with E-state index in [0.29, 0.717) is 11.7 Å². The Morgan fingerprint density at radius 3 is 2.25 bits per heavy atom. The summed E-state index contributed by atoms with van der Waals surface area (Å²) in [5, 5.41) is 0. The van der Waals surface area contributed by atoms with Crippen molar-refractivity contribution in [1.82, 2.24) is 0 Å². The van der Waals surface area contributed by atoms with Crippen molar-refractivity contribution in [1.29, 1.82) is 0 Å². The molecular formula is C7H12O. The van der Waals surface area contributed by atoms with Crippen LogP contribution < -0.4 is 0 Å². The molecule has 46 valence electrons. The second-order valence-electron chi connectivity index (χ2n) is 3.35. The molecule has 0 aromatic carbocycles. The number of hydrogen-bond donors (Lipinski definition) is 0. The van der Waals surface area contributed by atoms with Crippen LogP contribution in [0, 0.1) is 5.92 Å². The standard InChI is InChI=1S/C7H12O/c1-5(2)6-7(8-6)3-4-7/h5-6H,3-4H2,1-2H3. The maximum absolute atomic E-state index is 5.48. The molecule has 1 aliphatic carbocycles. The van der Waals surface area contributed by atoms with Crippen molar-refractivity contribution in [2.45, 2.75) is 38.4 Å². The summed E-state index contributed by atoms with van der Waals surface area (Å²) in [6, 6.07) is 0. The number of rotatable bonds is 1. The van der Waals surface area contributed by atoms with Gasteiger partial charge in [-0.15, -0.1) is 0 Å². The predicted octanol–water partition coefficient (Wildman–Crippen LogP) is 1.57. The van der Waals surface area contributed by atoms with Gasteiger partial charge < -0.3 is 4.74 Å². The highest BCUT2D eigenvalue weighted by atomic mass is 16.6. The molecule has 1 heteroatoms. The van der Waals surface area contributed by atoms with Crippen LogP contribution >= 0.6 is 0 Å². The Morgan fingerprint density at radius 1 is 1.50 bits per heavy atom. The molecule has 1 unspecified atom stereocenters. The fourth-order valence-corrected chi connectivity index (χ4v) is 1.49. The van der Waals surface area contributed by atoms with Gasteiger partial charge in [0.25, 0.3) is 0 Å². The largest absolute Gasteiger partial charge is 0.366 e. The van der Waals surface area contributed by atoms with E-state index < -0.39 is 0 Å². The summed E-state index contributed by atoms with van der Waals surface area (Å²) in [6.07, 6.45) is 3.29. The summed E-state index contributed by atoms with van der Waals surface area (Å²) in [6.45, 7) is 4.47. The minimum absolute atomic E-state index is 0.439. The van der Waals surface area contributed by atoms with Gasteiger partial charge in [-0.1, -0.05) is 13.8 Å². The lowest BCUT2D eigenvalue weighted by Crippen LogP contribution is -2.01. The molecule has 8 heavy (non-hydrogen) atoms. The Bertz CT molecular complexity index is 114. The number of hydrogen-bond acceptors (Lipinski definition) is 1. The zero-order chi connectivity index (χ0) is 5.78. The first kappa shape index (κ1) is 4.80. The van der Waals surface area contributed by atoms with E-state index in [-0.39, 0.29) is 0 Å². The topological polar surface area (TPSA) is 12.5 Å². The lowest BCUT2D eigenvalue weighted by Gasteiger charge is -1.93. The van der Waals surface area contributed by atoms with Gasteiger partial charge in [-0.05, 0) is 18.8 Å². The van der Waals surface area contributed by atoms with E-state index >= 15 is 0 Å². The minimum atomic E-state index is 0.439. The zero-order valence-electron chi connectivity index (χ0n) is 5.48. The molecule has 2 rings (SSSR count). The van der Waals surface area contributed by atoms with Crippen LogP contribution in [0.15, 0.2) is 0 Å². The third-order valence-corrected chi connectivity index (χ3v) is 2.17. The van der Waals surface area contributed by atoms with Gasteiger partial charge in [-0.25, -0.2) is 0 Å². The molecule has 1 atom stereocenters. The van der Waals surface area contributed by atoms with Crippen molar-refractivity contribution in [2.75, 3.05) is 0 Å². The predicted molar refractivity (Wildman–Crippen MR) is 31.7 cm³/mol. The van der Waals surface area contributed by atoms with Crippen molar-refractivity contribution < 1.29 is 4.74 Å². The number of ether oxygens (including phenoxy) is 1. The third kappa shape index (κ3) is 0.455. The van der Waals surface area contributed by atoms with Crippen LogP contribution in [0.4, 0.5) is 0 Å². The van der Waals surface area contributed by atoms with Gasteiger partial charge in [-0.3, -0.25) is 0 Å². The van der Waals surface area contributed by atoms with Crippen LogP contribution in [-0.2, 0) is 4.74 Å². The summed E-state index contributed by atoms with van der Waals surface area (Å²) in [5.74, 6) is 0.748. The molecular weight excluding hydrogens is 100 g/mol. The molecule has 1 saturated carbocycles. The van der Waals surface area contributed by atoms with Crippen molar-refractivity contribution in [3.05, 3.63) is 0 Å². The Balaban J connectivity index is 1.96. The Hall–Kier alpha value is -0.0400. The van der Waals surface area contributed by atoms with Crippen molar-refractivity contribution >= 4 is 0 Å². The summed E-state index contributed by atoms with van der Waals surface area (Å²) in [4.78, 5) is 0. The van der Waals surface area contributed by atoms with Crippen LogP contribution in [0.5, 0.6) is 0 Å². The van der Waals surface area contributed by atoms with Gasteiger partial charge in [-0.2, -0.15) is 0 Å². The van der Waals surface area contributed by atoms with Gasteiger partial charge in [0.1, 0.15) is 0 Å². The van der Waals surface area contributed by atoms with E-state index in [1.54, 1.807) is 0 Å². The first-order chi connectivity index (χ1) is 3.75. The third-order valence-electron chi connectivity index (χ3n) is 2.17. The highest BCUT2D eigenvalue weighted by Gasteiger charge is 2.66. The maximum atomic E-state index is 5.48. The molecule has 0 aromatic rings. The fourth-order valence-electron chi connectivity index (χ4n) is 1.49. The molecule has 2 fully saturated rings. The van der Waals surface area contributed by atoms with E-state index in [0.717, 1.165) is 5.92 Å². The summed E-state index contributed by atoms with van der Waals surface area (Å²) in [7, 11) is 0. The zero-order valence-corrected chi connectivity index (χ0v) is 5.48. The number of epoxide rings is 1. The average molecular weight is 112 g/mol. The van der Waals surface area contributed by atoms with Crippen molar-refractivity contribution in [3.63, 3.8) is 0 Å². The van der Waals surface area contributed by atoms with Crippen molar-refractivity contribution in [2.24, 2.45) is 5.92 Å². The van der Waals surface area contributed by atoms with Crippen LogP contribution in [0.2, 0.25) is 0 Å². The van der Waals surface area contributed by atoms with Crippen LogP contribution in [0.25, 0.3) is 0 Å². The molecule has 0 N–H and O–H groups in total. The molecule has 1 spiro atoms. The monoisotopic (exact) mass is 112 g/mol. The minimum Gasteiger partial charge on any atom is -0.366 e. The van der Waals surface area contributed by atoms with Gasteiger partial charge in [0, 0.05) is 0 Å². The molecule has 1 saturated heterocycles. The van der Waals surface area contributed by atoms with Gasteiger partial charge in [0.15, 0.2) is 0 Å². The molecule has 0 amide bonds. The second-order valence-corrected chi connectivity index (χ2v) is 3.35. The SMILES string of the molecule is CC(C)C1OC12CC2. The average Bonchev–Trinajstić information content (AvgIpc) is 2.50. The molecule has 1 aliphatic heterocycles. The lowest BCUT2D eigenvalue weighted by molar-refractivity contribution is 0.330. The summed E-state index contributed by atoms with van der Waals surface area (Å²) >= 11 is 0. The van der Waals surface area contributed by atoms with Gasteiger partial charge in [0.2, 0.25) is 0 Å². The van der Waals surface area contributed by atoms with E-state index in [4.69, 9.17) is 4.74 Å². The van der Waals surface area contributed by atoms with Gasteiger partial charge >= 0.3 is 0 Å². The Morgan fingerprint density at radius 2 is 2.12 bits per heavy atom. The highest BCUT2D eigenvalue weighted by molar-refractivity contribution is 5.14. The first-order valence-electron chi connectivity index (χ1n) is 3.42. The smallest absolute Gasteiger partial charge is 0.0953 e. The summed E-state index contributed by atoms with van der Waals surface area (Å²) < 4.78 is 5.48. The van der Waals surface area contributed by atoms with E-state index in [1.807, 2.05) is 0 Å². The first-order valence-corrected chi connectivity index (χ1v) is 3.42. The Kier molecular flexibility index (Phi) is 0.663. The van der Waals surface area contributed by atoms with E-state index in [9.17, 15) is 0 Å². The molecule has 0 bridgehead atoms. The van der Waals surface area contributed by atoms with Crippen LogP contribution in [-0.4, -0.2) is 11.7 Å². The van der Waals surface area contributed by atoms with E-state index in [1.165, 1.54) is 12.8 Å². The highest BCUT2D eigenvalue weighted by Crippen LogP contribution is 2.59. The van der Waals surface area contributed by atoms with Gasteiger partial charge in [0.05, 0.1) is 11.7 Å². The quantitative estimate of drug-likeness (QED) is 0.469. The molecule has 0 aromatic heterocycles. The fraction of sp³-hybridized carbons (Fsp3) is 1.00. The Labute approximate surface area is 50.0 Å². The maximum Gasteiger partial charge on any atom is 0.0953 e. The van der Waals surface area contributed by atoms with Crippen LogP contribution in [0.3, 0.4) is 0 Å². The van der Waals surface area contributed by atoms with Crippen molar-refractivity contribution in [3.8, 4) is 0 Å². The molecule has 0 radical (unpaired) electrons. The van der Waals surface area contributed by atoms with Crippen LogP contribution in [0.1, 0.15) is 26.7 Å². The van der Waals surface area contributed by atoms with E-state index in [2.05, 4.69) is 13.8 Å². The summed E-state index contributed by atoms with van der Waals surface area (Å²) in [5.41, 5.74) is 0.439. The lowest BCUT2D eigenvalue weighted by atomic mass is 10.1. The molecule has 1 heterocycles. The normalized spacial score (nSPS) is 38.6. The molecule has 1 nitrogen and oxygen atoms in total. The second kappa shape index (κ2) is 1.10. The molecule has 2 aliphatic rings.